The van der Waals surface area contributed by atoms with Crippen molar-refractivity contribution in [2.75, 3.05) is 18.9 Å². The van der Waals surface area contributed by atoms with Gasteiger partial charge in [0.1, 0.15) is 36.3 Å². The molecule has 6 rings (SSSR count). The third kappa shape index (κ3) is 4.27. The quantitative estimate of drug-likeness (QED) is 0.106. The largest absolute Gasteiger partial charge is 0.394 e. The van der Waals surface area contributed by atoms with Crippen LogP contribution in [0.2, 0.25) is 0 Å². The first-order chi connectivity index (χ1) is 20.0. The number of hydrogen-bond acceptors (Lipinski definition) is 15. The minimum atomic E-state index is -2.08. The summed E-state index contributed by atoms with van der Waals surface area (Å²) in [6.07, 6.45) is 8.20. The fraction of sp³-hybridized carbons (Fsp3) is 0.417. The zero-order chi connectivity index (χ0) is 30.4. The predicted octanol–water partition coefficient (Wildman–Crippen LogP) is -4.24. The zero-order valence-electron chi connectivity index (χ0n) is 21.5. The van der Waals surface area contributed by atoms with Gasteiger partial charge >= 0.3 is 0 Å². The summed E-state index contributed by atoms with van der Waals surface area (Å²) in [5.74, 6) is 4.36. The van der Waals surface area contributed by atoms with Gasteiger partial charge in [-0.2, -0.15) is 0 Å². The number of fused-ring (bicyclic) bond motifs is 2. The predicted molar refractivity (Wildman–Crippen MR) is 139 cm³/mol. The minimum Gasteiger partial charge on any atom is -0.394 e. The fourth-order valence-corrected chi connectivity index (χ4v) is 4.78. The van der Waals surface area contributed by atoms with Crippen LogP contribution in [0.25, 0.3) is 22.3 Å². The number of H-pyrrole nitrogens is 1. The number of ether oxygens (including phenoxy) is 2. The second-order valence-electron chi connectivity index (χ2n) is 9.39. The number of rotatable bonds is 4. The number of imidazole rings is 2. The summed E-state index contributed by atoms with van der Waals surface area (Å²) in [7, 11) is 0. The van der Waals surface area contributed by atoms with Crippen LogP contribution in [0.4, 0.5) is 5.82 Å². The second-order valence-corrected chi connectivity index (χ2v) is 9.39. The standard InChI is InChI=1S/C12H13N5O4.C12H12N4O5/c1-2-12(20)8(19)6(3-18)21-11(12)17-5-16-7-9(13)14-4-15-10(7)17;1-2-12(20)8(18)6(3-17)21-11(12)16-5-15-7-9(16)13-4-14-10(7)19/h1,4-6,8,11,18-20H,3H2,(H2,13,14,15);1,4-6,8,11,17-18,20H,3H2,(H,13,14,19)/t2*6-,8-,11-,12-/m11/s1. The van der Waals surface area contributed by atoms with E-state index in [4.69, 9.17) is 28.1 Å². The van der Waals surface area contributed by atoms with Crippen LogP contribution in [0.5, 0.6) is 0 Å². The highest BCUT2D eigenvalue weighted by molar-refractivity contribution is 5.81. The highest BCUT2D eigenvalue weighted by Crippen LogP contribution is 2.40. The molecule has 2 aliphatic heterocycles. The van der Waals surface area contributed by atoms with Gasteiger partial charge in [0.2, 0.25) is 0 Å². The molecule has 2 saturated heterocycles. The number of hydrogen-bond donors (Lipinski definition) is 8. The molecule has 0 aromatic carbocycles. The molecule has 9 N–H and O–H groups in total. The number of terminal acetylenes is 2. The Bertz CT molecular complexity index is 1760. The van der Waals surface area contributed by atoms with Gasteiger partial charge in [-0.25, -0.2) is 24.9 Å². The average molecular weight is 584 g/mol. The van der Waals surface area contributed by atoms with Crippen molar-refractivity contribution in [3.05, 3.63) is 35.7 Å². The highest BCUT2D eigenvalue weighted by atomic mass is 16.6. The summed E-state index contributed by atoms with van der Waals surface area (Å²) < 4.78 is 13.5. The van der Waals surface area contributed by atoms with Crippen molar-refractivity contribution in [3.63, 3.8) is 0 Å². The van der Waals surface area contributed by atoms with Crippen molar-refractivity contribution in [1.29, 1.82) is 0 Å². The Kier molecular flexibility index (Phi) is 7.41. The van der Waals surface area contributed by atoms with Crippen LogP contribution in [-0.2, 0) is 9.47 Å². The summed E-state index contributed by atoms with van der Waals surface area (Å²) in [4.78, 5) is 33.7. The summed E-state index contributed by atoms with van der Waals surface area (Å²) in [6, 6.07) is 0. The lowest BCUT2D eigenvalue weighted by Crippen LogP contribution is -2.45. The number of aliphatic hydroxyl groups is 6. The van der Waals surface area contributed by atoms with Crippen molar-refractivity contribution in [2.45, 2.75) is 48.1 Å². The maximum absolute atomic E-state index is 11.6. The lowest BCUT2D eigenvalue weighted by molar-refractivity contribution is -0.0721. The summed E-state index contributed by atoms with van der Waals surface area (Å²) in [5, 5.41) is 59.3. The molecule has 18 heteroatoms. The Hall–Kier alpha value is -4.50. The maximum atomic E-state index is 11.6. The Morgan fingerprint density at radius 1 is 0.881 bits per heavy atom. The molecular weight excluding hydrogens is 558 g/mol. The van der Waals surface area contributed by atoms with E-state index >= 15 is 0 Å². The topological polar surface area (TPSA) is 273 Å². The molecule has 4 aromatic rings. The summed E-state index contributed by atoms with van der Waals surface area (Å²) in [5.41, 5.74) is 1.93. The van der Waals surface area contributed by atoms with E-state index in [1.54, 1.807) is 0 Å². The molecule has 42 heavy (non-hydrogen) atoms. The molecule has 4 aromatic heterocycles. The number of anilines is 1. The van der Waals surface area contributed by atoms with E-state index in [0.29, 0.717) is 11.2 Å². The van der Waals surface area contributed by atoms with Crippen LogP contribution in [0.3, 0.4) is 0 Å². The Morgan fingerprint density at radius 3 is 1.88 bits per heavy atom. The third-order valence-electron chi connectivity index (χ3n) is 7.05. The maximum Gasteiger partial charge on any atom is 0.278 e. The van der Waals surface area contributed by atoms with E-state index < -0.39 is 66.8 Å². The van der Waals surface area contributed by atoms with E-state index in [1.807, 2.05) is 0 Å². The van der Waals surface area contributed by atoms with E-state index in [2.05, 4.69) is 41.7 Å². The van der Waals surface area contributed by atoms with Gasteiger partial charge in [-0.3, -0.25) is 13.9 Å². The summed E-state index contributed by atoms with van der Waals surface area (Å²) >= 11 is 0. The minimum absolute atomic E-state index is 0.0439. The smallest absolute Gasteiger partial charge is 0.278 e. The normalized spacial score (nSPS) is 32.4. The lowest BCUT2D eigenvalue weighted by atomic mass is 9.95. The van der Waals surface area contributed by atoms with Crippen molar-refractivity contribution in [2.24, 2.45) is 0 Å². The highest BCUT2D eigenvalue weighted by Gasteiger charge is 2.56. The van der Waals surface area contributed by atoms with Crippen LogP contribution in [0, 0.1) is 24.7 Å². The van der Waals surface area contributed by atoms with Gasteiger partial charge < -0.3 is 50.8 Å². The Labute approximate surface area is 235 Å². The number of aromatic nitrogens is 8. The van der Waals surface area contributed by atoms with Crippen LogP contribution >= 0.6 is 0 Å². The molecular formula is C24H25N9O9. The molecule has 8 atom stereocenters. The van der Waals surface area contributed by atoms with Gasteiger partial charge in [0.05, 0.1) is 32.2 Å². The van der Waals surface area contributed by atoms with E-state index in [1.165, 1.54) is 34.4 Å². The molecule has 220 valence electrons. The van der Waals surface area contributed by atoms with Crippen LogP contribution < -0.4 is 11.3 Å². The average Bonchev–Trinajstić information content (AvgIpc) is 3.74. The molecule has 6 heterocycles. The zero-order valence-corrected chi connectivity index (χ0v) is 21.5. The van der Waals surface area contributed by atoms with Crippen LogP contribution in [0.15, 0.2) is 30.1 Å². The summed E-state index contributed by atoms with van der Waals surface area (Å²) in [6.45, 7) is -1.02. The van der Waals surface area contributed by atoms with Crippen LogP contribution in [0.1, 0.15) is 12.5 Å². The first kappa shape index (κ1) is 29.0. The molecule has 0 saturated carbocycles. The SMILES string of the molecule is C#C[C@@]1(O)[C@H](O)[C@@H](CO)O[C@H]1n1cnc2c(=O)[nH]cnc21.C#C[C@@]1(O)[C@H](O)[C@@H](CO)O[C@H]1n1cnc2c(N)ncnc21. The van der Waals surface area contributed by atoms with Gasteiger partial charge in [0, 0.05) is 0 Å². The van der Waals surface area contributed by atoms with Gasteiger partial charge in [-0.15, -0.1) is 12.8 Å². The molecule has 18 nitrogen and oxygen atoms in total. The van der Waals surface area contributed by atoms with Gasteiger partial charge in [0.15, 0.2) is 46.3 Å². The van der Waals surface area contributed by atoms with E-state index in [0.717, 1.165) is 0 Å². The molecule has 2 fully saturated rings. The molecule has 0 spiro atoms. The number of aliphatic hydroxyl groups excluding tert-OH is 4. The van der Waals surface area contributed by atoms with Crippen molar-refractivity contribution < 1.29 is 40.1 Å². The number of nitrogens with one attached hydrogen (secondary N) is 1. The molecule has 0 unspecified atom stereocenters. The van der Waals surface area contributed by atoms with Gasteiger partial charge in [-0.05, 0) is 0 Å². The molecule has 0 bridgehead atoms. The first-order valence-electron chi connectivity index (χ1n) is 12.2. The van der Waals surface area contributed by atoms with Gasteiger partial charge in [0.25, 0.3) is 5.56 Å². The first-order valence-corrected chi connectivity index (χ1v) is 12.2. The number of nitrogen functional groups attached to an aromatic ring is 1. The van der Waals surface area contributed by atoms with Gasteiger partial charge in [-0.1, -0.05) is 11.8 Å². The molecule has 2 aliphatic rings. The second kappa shape index (κ2) is 10.7. The molecule has 0 amide bonds. The van der Waals surface area contributed by atoms with Crippen LogP contribution in [-0.4, -0.2) is 119 Å². The number of aromatic amines is 1. The monoisotopic (exact) mass is 583 g/mol. The van der Waals surface area contributed by atoms with Crippen molar-refractivity contribution >= 4 is 28.1 Å². The van der Waals surface area contributed by atoms with Crippen molar-refractivity contribution in [3.8, 4) is 24.7 Å². The lowest BCUT2D eigenvalue weighted by Gasteiger charge is -2.26. The molecule has 0 radical (unpaired) electrons. The van der Waals surface area contributed by atoms with Crippen molar-refractivity contribution in [1.82, 2.24) is 39.0 Å². The third-order valence-corrected chi connectivity index (χ3v) is 7.05. The molecule has 0 aliphatic carbocycles. The Morgan fingerprint density at radius 2 is 1.38 bits per heavy atom. The van der Waals surface area contributed by atoms with E-state index in [9.17, 15) is 35.4 Å². The number of nitrogens with two attached hydrogens (primary N) is 1. The number of nitrogens with zero attached hydrogens (tertiary/aromatic N) is 7. The Balaban J connectivity index is 0.000000168. The fourth-order valence-electron chi connectivity index (χ4n) is 4.78. The van der Waals surface area contributed by atoms with E-state index in [-0.39, 0.29) is 17.0 Å².